The van der Waals surface area contributed by atoms with Crippen LogP contribution >= 0.6 is 0 Å². The van der Waals surface area contributed by atoms with Crippen LogP contribution in [0.4, 0.5) is 0 Å². The summed E-state index contributed by atoms with van der Waals surface area (Å²) >= 11 is 0. The highest BCUT2D eigenvalue weighted by atomic mass is 16.4. The van der Waals surface area contributed by atoms with Gasteiger partial charge in [-0.2, -0.15) is 0 Å². The van der Waals surface area contributed by atoms with Gasteiger partial charge in [-0.15, -0.1) is 0 Å². The summed E-state index contributed by atoms with van der Waals surface area (Å²) in [5, 5.41) is 13.7. The van der Waals surface area contributed by atoms with Gasteiger partial charge in [0.15, 0.2) is 0 Å². The van der Waals surface area contributed by atoms with Crippen LogP contribution in [0.3, 0.4) is 0 Å². The number of aromatic carboxylic acids is 1. The molecule has 0 saturated heterocycles. The van der Waals surface area contributed by atoms with Crippen molar-refractivity contribution < 1.29 is 14.7 Å². The second-order valence-electron chi connectivity index (χ2n) is 11.7. The van der Waals surface area contributed by atoms with Crippen LogP contribution in [-0.2, 0) is 13.1 Å². The number of hydrogen-bond acceptors (Lipinski definition) is 2. The molecule has 0 bridgehead atoms. The van der Waals surface area contributed by atoms with E-state index in [2.05, 4.69) is 63.6 Å². The third-order valence-corrected chi connectivity index (χ3v) is 8.24. The van der Waals surface area contributed by atoms with Gasteiger partial charge in [0.2, 0.25) is 0 Å². The van der Waals surface area contributed by atoms with E-state index in [4.69, 9.17) is 0 Å². The zero-order valence-electron chi connectivity index (χ0n) is 26.8. The molecule has 0 radical (unpaired) electrons. The van der Waals surface area contributed by atoms with Gasteiger partial charge in [0.25, 0.3) is 5.91 Å². The number of aromatic nitrogens is 1. The van der Waals surface area contributed by atoms with Gasteiger partial charge in [0, 0.05) is 35.2 Å². The van der Waals surface area contributed by atoms with Crippen LogP contribution < -0.4 is 5.32 Å². The average molecular weight is 589 g/mol. The molecule has 5 nitrogen and oxygen atoms in total. The summed E-state index contributed by atoms with van der Waals surface area (Å²) < 4.78 is 2.27. The summed E-state index contributed by atoms with van der Waals surface area (Å²) in [6.07, 6.45) is 2.64. The Morgan fingerprint density at radius 2 is 1.52 bits per heavy atom. The molecule has 5 aromatic rings. The smallest absolute Gasteiger partial charge is 0.336 e. The molecule has 0 unspecified atom stereocenters. The van der Waals surface area contributed by atoms with Crippen molar-refractivity contribution in [3.63, 3.8) is 0 Å². The zero-order valence-corrected chi connectivity index (χ0v) is 26.8. The number of amides is 1. The van der Waals surface area contributed by atoms with Gasteiger partial charge < -0.3 is 15.0 Å². The van der Waals surface area contributed by atoms with Gasteiger partial charge >= 0.3 is 5.97 Å². The Hall–Kier alpha value is -4.64. The van der Waals surface area contributed by atoms with Crippen LogP contribution in [0.15, 0.2) is 91.0 Å². The first-order valence-electron chi connectivity index (χ1n) is 15.5. The third kappa shape index (κ3) is 7.46. The zero-order chi connectivity index (χ0) is 31.8. The Balaban J connectivity index is 0.00000104. The molecule has 0 spiro atoms. The summed E-state index contributed by atoms with van der Waals surface area (Å²) in [6.45, 7) is 14.1. The van der Waals surface area contributed by atoms with Crippen LogP contribution in [0.25, 0.3) is 22.0 Å². The molecule has 0 fully saturated rings. The number of unbranched alkanes of at least 4 members (excludes halogenated alkanes) is 1. The molecule has 0 aliphatic carbocycles. The molecule has 2 N–H and O–H groups in total. The minimum absolute atomic E-state index is 0.0844. The van der Waals surface area contributed by atoms with Crippen molar-refractivity contribution in [1.29, 1.82) is 0 Å². The lowest BCUT2D eigenvalue weighted by molar-refractivity contribution is 0.0697. The predicted molar refractivity (Wildman–Crippen MR) is 182 cm³/mol. The molecule has 4 aromatic carbocycles. The van der Waals surface area contributed by atoms with E-state index < -0.39 is 5.97 Å². The summed E-state index contributed by atoms with van der Waals surface area (Å²) in [6, 6.07) is 29.4. The number of hydrogen-bond donors (Lipinski definition) is 2. The van der Waals surface area contributed by atoms with Crippen LogP contribution in [0.2, 0.25) is 0 Å². The number of aryl methyl sites for hydroxylation is 1. The number of carboxylic acid groups (broad SMARTS) is 1. The molecule has 1 amide bonds. The van der Waals surface area contributed by atoms with Crippen molar-refractivity contribution in [3.8, 4) is 11.1 Å². The second kappa shape index (κ2) is 14.7. The molecule has 1 aromatic heterocycles. The Labute approximate surface area is 261 Å². The van der Waals surface area contributed by atoms with E-state index in [-0.39, 0.29) is 5.91 Å². The highest BCUT2D eigenvalue weighted by Crippen LogP contribution is 2.29. The minimum Gasteiger partial charge on any atom is -0.478 e. The topological polar surface area (TPSA) is 71.3 Å². The largest absolute Gasteiger partial charge is 0.478 e. The van der Waals surface area contributed by atoms with E-state index in [1.54, 1.807) is 12.1 Å². The van der Waals surface area contributed by atoms with Crippen LogP contribution in [0.1, 0.15) is 95.1 Å². The van der Waals surface area contributed by atoms with Crippen molar-refractivity contribution in [2.24, 2.45) is 0 Å². The van der Waals surface area contributed by atoms with Crippen molar-refractivity contribution >= 4 is 22.8 Å². The first-order valence-corrected chi connectivity index (χ1v) is 15.5. The maximum Gasteiger partial charge on any atom is 0.336 e. The fraction of sp³-hybridized carbons (Fsp3) is 0.282. The van der Waals surface area contributed by atoms with Gasteiger partial charge in [0.1, 0.15) is 0 Å². The summed E-state index contributed by atoms with van der Waals surface area (Å²) in [5.74, 6) is -0.572. The average Bonchev–Trinajstić information content (AvgIpc) is 3.28. The van der Waals surface area contributed by atoms with Gasteiger partial charge in [-0.05, 0) is 77.4 Å². The molecule has 228 valence electrons. The number of benzene rings is 4. The second-order valence-corrected chi connectivity index (χ2v) is 11.7. The molecular weight excluding hydrogens is 544 g/mol. The van der Waals surface area contributed by atoms with Gasteiger partial charge in [-0.25, -0.2) is 4.79 Å². The molecule has 44 heavy (non-hydrogen) atoms. The Morgan fingerprint density at radius 3 is 2.18 bits per heavy atom. The molecule has 5 rings (SSSR count). The fourth-order valence-corrected chi connectivity index (χ4v) is 5.24. The van der Waals surface area contributed by atoms with Crippen LogP contribution in [0.5, 0.6) is 0 Å². The van der Waals surface area contributed by atoms with E-state index in [9.17, 15) is 14.7 Å². The normalized spacial score (nSPS) is 10.9. The monoisotopic (exact) mass is 588 g/mol. The van der Waals surface area contributed by atoms with Gasteiger partial charge in [-0.1, -0.05) is 107 Å². The molecule has 5 heteroatoms. The number of fused-ring (bicyclic) bond motifs is 1. The molecule has 0 saturated carbocycles. The SMILES string of the molecule is CCCC.Cc1c(C)n(Cc2ccc(-c3ccccc3C(=O)O)cc2)c2ccc(C(=O)NCc3cccc(C(C)C)c3)cc12. The lowest BCUT2D eigenvalue weighted by Gasteiger charge is -2.11. The van der Waals surface area contributed by atoms with E-state index >= 15 is 0 Å². The Kier molecular flexibility index (Phi) is 10.8. The number of rotatable bonds is 9. The van der Waals surface area contributed by atoms with Crippen molar-refractivity contribution in [2.75, 3.05) is 0 Å². The third-order valence-electron chi connectivity index (χ3n) is 8.24. The van der Waals surface area contributed by atoms with Gasteiger partial charge in [0.05, 0.1) is 5.56 Å². The van der Waals surface area contributed by atoms with E-state index in [0.717, 1.165) is 38.9 Å². The highest BCUT2D eigenvalue weighted by Gasteiger charge is 2.15. The number of carbonyl (C=O) groups is 2. The maximum absolute atomic E-state index is 13.0. The van der Waals surface area contributed by atoms with E-state index in [1.165, 1.54) is 18.4 Å². The number of nitrogens with zero attached hydrogens (tertiary/aromatic N) is 1. The van der Waals surface area contributed by atoms with E-state index in [1.807, 2.05) is 66.7 Å². The van der Waals surface area contributed by atoms with Gasteiger partial charge in [-0.3, -0.25) is 4.79 Å². The molecule has 0 atom stereocenters. The molecular formula is C39H44N2O3. The number of carbonyl (C=O) groups excluding carboxylic acids is 1. The Morgan fingerprint density at radius 1 is 0.818 bits per heavy atom. The standard InChI is InChI=1S/C35H34N2O3.C4H10/c1-22(2)28-9-7-8-26(18-28)20-36-34(38)29-16-17-33-32(19-29)23(3)24(4)37(33)21-25-12-14-27(15-13-25)30-10-5-6-11-31(30)35(39)40;1-3-4-2/h5-19,22H,20-21H2,1-4H3,(H,36,38)(H,39,40);3-4H2,1-2H3. The lowest BCUT2D eigenvalue weighted by atomic mass is 9.99. The summed E-state index contributed by atoms with van der Waals surface area (Å²) in [5.41, 5.74) is 9.38. The number of carboxylic acids is 1. The summed E-state index contributed by atoms with van der Waals surface area (Å²) in [7, 11) is 0. The fourth-order valence-electron chi connectivity index (χ4n) is 5.24. The van der Waals surface area contributed by atoms with Crippen molar-refractivity contribution in [3.05, 3.63) is 130 Å². The molecule has 0 aliphatic rings. The predicted octanol–water partition coefficient (Wildman–Crippen LogP) is 9.53. The minimum atomic E-state index is -0.932. The van der Waals surface area contributed by atoms with Crippen molar-refractivity contribution in [2.45, 2.75) is 73.4 Å². The number of nitrogens with one attached hydrogen (secondary N) is 1. The molecule has 1 heterocycles. The molecule has 0 aliphatic heterocycles. The quantitative estimate of drug-likeness (QED) is 0.180. The summed E-state index contributed by atoms with van der Waals surface area (Å²) in [4.78, 5) is 24.7. The lowest BCUT2D eigenvalue weighted by Crippen LogP contribution is -2.22. The van der Waals surface area contributed by atoms with Crippen LogP contribution in [-0.4, -0.2) is 21.6 Å². The van der Waals surface area contributed by atoms with E-state index in [0.29, 0.717) is 35.7 Å². The first-order chi connectivity index (χ1) is 21.1. The highest BCUT2D eigenvalue weighted by molar-refractivity contribution is 5.99. The first kappa shape index (κ1) is 32.3. The van der Waals surface area contributed by atoms with Crippen molar-refractivity contribution in [1.82, 2.24) is 9.88 Å². The Bertz CT molecular complexity index is 1740. The van der Waals surface area contributed by atoms with Crippen LogP contribution in [0, 0.1) is 13.8 Å². The maximum atomic E-state index is 13.0.